The van der Waals surface area contributed by atoms with Crippen molar-refractivity contribution in [2.24, 2.45) is 0 Å². The van der Waals surface area contributed by atoms with E-state index >= 15 is 0 Å². The molecule has 31 heavy (non-hydrogen) atoms. The van der Waals surface area contributed by atoms with E-state index in [4.69, 9.17) is 15.2 Å². The molecule has 0 unspecified atom stereocenters. The van der Waals surface area contributed by atoms with Crippen molar-refractivity contribution in [2.75, 3.05) is 38.6 Å². The van der Waals surface area contributed by atoms with Crippen LogP contribution in [0.3, 0.4) is 0 Å². The van der Waals surface area contributed by atoms with Crippen LogP contribution in [0.5, 0.6) is 17.4 Å². The molecule has 7 nitrogen and oxygen atoms in total. The fraction of sp³-hybridized carbons (Fsp3) is 0.333. The standard InChI is InChI=1S/C24H26N4O3/c1-16-2-4-17(5-3-16)21-19-7-6-18(29)14-20(19)31-24-22(21)23(25)28(15-26-24)9-8-27-10-12-30-13-11-27/h2-7,14-15,21,25,29H,8-13H2,1H3/p+1/t21-/m1/s1. The van der Waals surface area contributed by atoms with Crippen molar-refractivity contribution in [1.82, 2.24) is 9.88 Å². The van der Waals surface area contributed by atoms with E-state index in [2.05, 4.69) is 41.1 Å². The topological polar surface area (TPSA) is 84.7 Å². The maximum atomic E-state index is 9.98. The van der Waals surface area contributed by atoms with E-state index in [-0.39, 0.29) is 11.7 Å². The Morgan fingerprint density at radius 2 is 1.94 bits per heavy atom. The summed E-state index contributed by atoms with van der Waals surface area (Å²) in [6.07, 6.45) is 1.74. The highest BCUT2D eigenvalue weighted by Gasteiger charge is 2.36. The van der Waals surface area contributed by atoms with Crippen molar-refractivity contribution in [1.29, 1.82) is 0 Å². The fourth-order valence-corrected chi connectivity index (χ4v) is 4.34. The molecule has 3 heterocycles. The molecule has 0 spiro atoms. The summed E-state index contributed by atoms with van der Waals surface area (Å²) in [4.78, 5) is 6.98. The van der Waals surface area contributed by atoms with Crippen LogP contribution in [0, 0.1) is 6.92 Å². The number of rotatable bonds is 4. The maximum absolute atomic E-state index is 9.98. The van der Waals surface area contributed by atoms with Gasteiger partial charge in [0.25, 0.3) is 0 Å². The minimum absolute atomic E-state index is 0.122. The summed E-state index contributed by atoms with van der Waals surface area (Å²) in [7, 11) is 0. The predicted octanol–water partition coefficient (Wildman–Crippen LogP) is 2.58. The van der Waals surface area contributed by atoms with Gasteiger partial charge in [-0.25, -0.2) is 4.57 Å². The molecule has 3 aromatic rings. The molecule has 7 heteroatoms. The van der Waals surface area contributed by atoms with Gasteiger partial charge in [-0.1, -0.05) is 40.9 Å². The van der Waals surface area contributed by atoms with Gasteiger partial charge in [-0.3, -0.25) is 4.90 Å². The molecule has 1 fully saturated rings. The number of phenolic OH excluding ortho intramolecular Hbond substituents is 1. The third-order valence-electron chi connectivity index (χ3n) is 6.11. The molecule has 3 N–H and O–H groups in total. The Morgan fingerprint density at radius 3 is 2.71 bits per heavy atom. The van der Waals surface area contributed by atoms with E-state index in [0.717, 1.165) is 56.1 Å². The molecule has 0 aliphatic carbocycles. The van der Waals surface area contributed by atoms with Gasteiger partial charge in [-0.2, -0.15) is 0 Å². The second-order valence-electron chi connectivity index (χ2n) is 8.16. The van der Waals surface area contributed by atoms with Crippen molar-refractivity contribution in [3.05, 3.63) is 71.0 Å². The lowest BCUT2D eigenvalue weighted by Crippen LogP contribution is -2.46. The lowest BCUT2D eigenvalue weighted by molar-refractivity contribution is -0.685. The number of anilines is 1. The number of benzene rings is 2. The van der Waals surface area contributed by atoms with Gasteiger partial charge in [0.15, 0.2) is 0 Å². The summed E-state index contributed by atoms with van der Waals surface area (Å²) in [5, 5.41) is 9.98. The van der Waals surface area contributed by atoms with Crippen LogP contribution in [-0.4, -0.2) is 47.8 Å². The van der Waals surface area contributed by atoms with Crippen molar-refractivity contribution in [2.45, 2.75) is 19.4 Å². The highest BCUT2D eigenvalue weighted by atomic mass is 16.5. The molecule has 0 amide bonds. The van der Waals surface area contributed by atoms with Gasteiger partial charge in [-0.15, -0.1) is 0 Å². The zero-order valence-electron chi connectivity index (χ0n) is 17.6. The average Bonchev–Trinajstić information content (AvgIpc) is 2.78. The first kappa shape index (κ1) is 19.8. The lowest BCUT2D eigenvalue weighted by atomic mass is 9.83. The van der Waals surface area contributed by atoms with Crippen LogP contribution >= 0.6 is 0 Å². The van der Waals surface area contributed by atoms with Crippen LogP contribution in [0.15, 0.2) is 48.8 Å². The molecule has 160 valence electrons. The Labute approximate surface area is 181 Å². The largest absolute Gasteiger partial charge is 0.508 e. The van der Waals surface area contributed by atoms with Gasteiger partial charge in [0.2, 0.25) is 12.1 Å². The number of ether oxygens (including phenoxy) is 2. The number of nitrogen functional groups attached to an aromatic ring is 1. The van der Waals surface area contributed by atoms with Crippen molar-refractivity contribution in [3.8, 4) is 17.4 Å². The van der Waals surface area contributed by atoms with Crippen LogP contribution in [-0.2, 0) is 11.3 Å². The molecule has 2 aromatic carbocycles. The van der Waals surface area contributed by atoms with Crippen molar-refractivity contribution in [3.63, 3.8) is 0 Å². The monoisotopic (exact) mass is 419 g/mol. The molecule has 1 atom stereocenters. The molecular weight excluding hydrogens is 392 g/mol. The Bertz CT molecular complexity index is 1090. The van der Waals surface area contributed by atoms with Crippen LogP contribution in [0.4, 0.5) is 5.82 Å². The number of morpholine rings is 1. The Morgan fingerprint density at radius 1 is 1.16 bits per heavy atom. The lowest BCUT2D eigenvalue weighted by Gasteiger charge is -2.28. The number of fused-ring (bicyclic) bond motifs is 2. The first-order valence-electron chi connectivity index (χ1n) is 10.7. The normalized spacial score (nSPS) is 18.2. The number of aromatic nitrogens is 2. The molecule has 1 saturated heterocycles. The molecule has 2 aliphatic heterocycles. The van der Waals surface area contributed by atoms with Crippen LogP contribution in [0.1, 0.15) is 28.2 Å². The number of hydrogen-bond donors (Lipinski definition) is 2. The zero-order valence-corrected chi connectivity index (χ0v) is 17.6. The van der Waals surface area contributed by atoms with Crippen molar-refractivity contribution >= 4 is 5.82 Å². The van der Waals surface area contributed by atoms with Crippen LogP contribution in [0.2, 0.25) is 0 Å². The van der Waals surface area contributed by atoms with E-state index in [1.165, 1.54) is 5.56 Å². The summed E-state index contributed by atoms with van der Waals surface area (Å²) in [6, 6.07) is 13.7. The van der Waals surface area contributed by atoms with Gasteiger partial charge in [0.05, 0.1) is 25.7 Å². The second kappa shape index (κ2) is 8.17. The second-order valence-corrected chi connectivity index (χ2v) is 8.16. The summed E-state index contributed by atoms with van der Waals surface area (Å²) in [5.41, 5.74) is 10.9. The van der Waals surface area contributed by atoms with E-state index in [0.29, 0.717) is 17.4 Å². The number of hydrogen-bond acceptors (Lipinski definition) is 6. The number of nitrogens with two attached hydrogens (primary N) is 1. The first-order chi connectivity index (χ1) is 15.1. The average molecular weight is 420 g/mol. The SMILES string of the molecule is Cc1ccc([C@@H]2c3ccc(O)cc3Oc3nc[n+](CCN4CCOCC4)c(N)c32)cc1. The minimum Gasteiger partial charge on any atom is -0.508 e. The minimum atomic E-state index is -0.122. The molecule has 1 aromatic heterocycles. The predicted molar refractivity (Wildman–Crippen MR) is 116 cm³/mol. The smallest absolute Gasteiger partial charge is 0.306 e. The van der Waals surface area contributed by atoms with Gasteiger partial charge < -0.3 is 20.3 Å². The number of aryl methyl sites for hydroxylation is 1. The zero-order chi connectivity index (χ0) is 21.4. The van der Waals surface area contributed by atoms with E-state index in [9.17, 15) is 5.11 Å². The molecule has 0 saturated carbocycles. The van der Waals surface area contributed by atoms with Gasteiger partial charge in [0, 0.05) is 31.3 Å². The van der Waals surface area contributed by atoms with Crippen LogP contribution in [0.25, 0.3) is 0 Å². The highest BCUT2D eigenvalue weighted by molar-refractivity contribution is 5.62. The van der Waals surface area contributed by atoms with Crippen molar-refractivity contribution < 1.29 is 19.1 Å². The van der Waals surface area contributed by atoms with E-state index in [1.54, 1.807) is 18.5 Å². The molecule has 0 radical (unpaired) electrons. The van der Waals surface area contributed by atoms with Crippen LogP contribution < -0.4 is 15.0 Å². The van der Waals surface area contributed by atoms with E-state index in [1.807, 2.05) is 10.6 Å². The summed E-state index contributed by atoms with van der Waals surface area (Å²) in [5.74, 6) is 1.79. The number of aromatic hydroxyl groups is 1. The highest BCUT2D eigenvalue weighted by Crippen LogP contribution is 2.48. The number of nitrogens with zero attached hydrogens (tertiary/aromatic N) is 3. The summed E-state index contributed by atoms with van der Waals surface area (Å²) >= 11 is 0. The maximum Gasteiger partial charge on any atom is 0.306 e. The number of phenols is 1. The fourth-order valence-electron chi connectivity index (χ4n) is 4.34. The molecule has 0 bridgehead atoms. The quantitative estimate of drug-likeness (QED) is 0.495. The first-order valence-corrected chi connectivity index (χ1v) is 10.7. The Kier molecular flexibility index (Phi) is 5.21. The van der Waals surface area contributed by atoms with Gasteiger partial charge >= 0.3 is 5.88 Å². The third-order valence-corrected chi connectivity index (χ3v) is 6.11. The molecule has 5 rings (SSSR count). The summed E-state index contributed by atoms with van der Waals surface area (Å²) < 4.78 is 13.5. The molecular formula is C24H27N4O3+. The van der Waals surface area contributed by atoms with Gasteiger partial charge in [-0.05, 0) is 18.6 Å². The Balaban J connectivity index is 1.55. The van der Waals surface area contributed by atoms with E-state index < -0.39 is 0 Å². The van der Waals surface area contributed by atoms with Gasteiger partial charge in [0.1, 0.15) is 17.1 Å². The molecule has 2 aliphatic rings. The summed E-state index contributed by atoms with van der Waals surface area (Å²) in [6.45, 7) is 7.12. The Hall–Kier alpha value is -3.16. The third kappa shape index (κ3) is 3.82.